The van der Waals surface area contributed by atoms with Gasteiger partial charge in [-0.15, -0.1) is 11.3 Å². The Kier molecular flexibility index (Phi) is 3.85. The van der Waals surface area contributed by atoms with Crippen LogP contribution >= 0.6 is 11.3 Å². The van der Waals surface area contributed by atoms with Crippen LogP contribution in [0.15, 0.2) is 54.2 Å². The Balaban J connectivity index is 1.51. The minimum absolute atomic E-state index is 0.198. The van der Waals surface area contributed by atoms with Crippen LogP contribution in [0.1, 0.15) is 16.1 Å². The molecule has 1 aromatic carbocycles. The molecule has 1 amide bonds. The fourth-order valence-electron chi connectivity index (χ4n) is 2.78. The van der Waals surface area contributed by atoms with E-state index in [4.69, 9.17) is 0 Å². The molecule has 0 saturated heterocycles. The van der Waals surface area contributed by atoms with Crippen molar-refractivity contribution in [3.05, 3.63) is 71.2 Å². The van der Waals surface area contributed by atoms with Crippen molar-refractivity contribution in [1.29, 1.82) is 0 Å². The van der Waals surface area contributed by atoms with Gasteiger partial charge in [-0.05, 0) is 23.6 Å². The molecule has 1 N–H and O–H groups in total. The molecule has 7 heteroatoms. The largest absolute Gasteiger partial charge is 0.339 e. The number of hydrogen-bond acceptors (Lipinski definition) is 3. The maximum atomic E-state index is 13.7. The fourth-order valence-corrected chi connectivity index (χ4v) is 3.63. The third kappa shape index (κ3) is 2.94. The monoisotopic (exact) mass is 354 g/mol. The first-order valence-electron chi connectivity index (χ1n) is 7.72. The molecule has 0 aliphatic heterocycles. The van der Waals surface area contributed by atoms with Crippen LogP contribution in [-0.4, -0.2) is 20.3 Å². The van der Waals surface area contributed by atoms with Crippen molar-refractivity contribution in [3.8, 4) is 0 Å². The van der Waals surface area contributed by atoms with Crippen LogP contribution < -0.4 is 5.32 Å². The third-order valence-electron chi connectivity index (χ3n) is 4.08. The van der Waals surface area contributed by atoms with Crippen molar-refractivity contribution in [2.45, 2.75) is 6.54 Å². The number of carbonyl (C=O) groups is 1. The van der Waals surface area contributed by atoms with Crippen LogP contribution in [-0.2, 0) is 13.6 Å². The molecule has 0 saturated carbocycles. The Bertz CT molecular complexity index is 1060. The Morgan fingerprint density at radius 2 is 2.16 bits per heavy atom. The molecule has 4 aromatic rings. The molecular formula is C18H15FN4OS. The van der Waals surface area contributed by atoms with Crippen LogP contribution in [0.3, 0.4) is 0 Å². The average Bonchev–Trinajstić information content (AvgIpc) is 3.28. The van der Waals surface area contributed by atoms with Crippen molar-refractivity contribution < 1.29 is 9.18 Å². The number of hydrogen-bond donors (Lipinski definition) is 1. The molecule has 0 fully saturated rings. The lowest BCUT2D eigenvalue weighted by atomic mass is 10.2. The van der Waals surface area contributed by atoms with Crippen molar-refractivity contribution in [2.75, 3.05) is 5.32 Å². The number of nitrogens with one attached hydrogen (secondary N) is 1. The summed E-state index contributed by atoms with van der Waals surface area (Å²) in [6.45, 7) is 0.308. The van der Waals surface area contributed by atoms with E-state index in [-0.39, 0.29) is 11.7 Å². The molecule has 0 aliphatic rings. The van der Waals surface area contributed by atoms with Crippen LogP contribution in [0.4, 0.5) is 10.1 Å². The van der Waals surface area contributed by atoms with Crippen molar-refractivity contribution in [2.24, 2.45) is 7.05 Å². The first-order valence-corrected chi connectivity index (χ1v) is 8.60. The van der Waals surface area contributed by atoms with E-state index < -0.39 is 0 Å². The smallest absolute Gasteiger partial charge is 0.272 e. The number of thiophene rings is 1. The molecule has 0 spiro atoms. The zero-order valence-corrected chi connectivity index (χ0v) is 14.3. The SMILES string of the molecule is Cn1c(C(=O)Nc2cnn(Cc3ccccc3F)c2)cc2sccc21. The molecule has 25 heavy (non-hydrogen) atoms. The predicted octanol–water partition coefficient (Wildman–Crippen LogP) is 3.88. The standard InChI is InChI=1S/C18H15FN4OS/c1-22-15-6-7-25-17(15)8-16(22)18(24)21-13-9-20-23(11-13)10-12-4-2-3-5-14(12)19/h2-9,11H,10H2,1H3,(H,21,24). The fraction of sp³-hybridized carbons (Fsp3) is 0.111. The van der Waals surface area contributed by atoms with Crippen LogP contribution in [0.2, 0.25) is 0 Å². The number of anilines is 1. The molecule has 0 radical (unpaired) electrons. The van der Waals surface area contributed by atoms with Gasteiger partial charge in [0.25, 0.3) is 5.91 Å². The van der Waals surface area contributed by atoms with Crippen molar-refractivity contribution >= 4 is 33.1 Å². The predicted molar refractivity (Wildman–Crippen MR) is 96.5 cm³/mol. The lowest BCUT2D eigenvalue weighted by Gasteiger charge is -2.05. The lowest BCUT2D eigenvalue weighted by Crippen LogP contribution is -2.15. The van der Waals surface area contributed by atoms with Gasteiger partial charge >= 0.3 is 0 Å². The van der Waals surface area contributed by atoms with E-state index in [1.54, 1.807) is 46.6 Å². The number of carbonyl (C=O) groups excluding carboxylic acids is 1. The van der Waals surface area contributed by atoms with Gasteiger partial charge in [0.2, 0.25) is 0 Å². The summed E-state index contributed by atoms with van der Waals surface area (Å²) in [5, 5.41) is 9.02. The average molecular weight is 354 g/mol. The van der Waals surface area contributed by atoms with Crippen LogP contribution in [0.5, 0.6) is 0 Å². The summed E-state index contributed by atoms with van der Waals surface area (Å²) in [5.41, 5.74) is 2.74. The highest BCUT2D eigenvalue weighted by Crippen LogP contribution is 2.24. The highest BCUT2D eigenvalue weighted by atomic mass is 32.1. The number of amides is 1. The second-order valence-electron chi connectivity index (χ2n) is 5.73. The minimum Gasteiger partial charge on any atom is -0.339 e. The van der Waals surface area contributed by atoms with E-state index in [2.05, 4.69) is 10.4 Å². The van der Waals surface area contributed by atoms with Gasteiger partial charge in [0, 0.05) is 18.8 Å². The summed E-state index contributed by atoms with van der Waals surface area (Å²) >= 11 is 1.60. The van der Waals surface area contributed by atoms with Gasteiger partial charge in [-0.3, -0.25) is 9.48 Å². The molecule has 0 atom stereocenters. The first kappa shape index (κ1) is 15.6. The Morgan fingerprint density at radius 3 is 2.96 bits per heavy atom. The molecular weight excluding hydrogens is 339 g/mol. The van der Waals surface area contributed by atoms with Crippen LogP contribution in [0.25, 0.3) is 10.2 Å². The summed E-state index contributed by atoms with van der Waals surface area (Å²) in [6, 6.07) is 10.4. The van der Waals surface area contributed by atoms with Gasteiger partial charge in [-0.25, -0.2) is 4.39 Å². The maximum Gasteiger partial charge on any atom is 0.272 e. The van der Waals surface area contributed by atoms with Gasteiger partial charge in [-0.2, -0.15) is 5.10 Å². The van der Waals surface area contributed by atoms with Crippen molar-refractivity contribution in [3.63, 3.8) is 0 Å². The zero-order valence-electron chi connectivity index (χ0n) is 13.4. The second kappa shape index (κ2) is 6.18. The topological polar surface area (TPSA) is 51.9 Å². The third-order valence-corrected chi connectivity index (χ3v) is 4.93. The molecule has 3 heterocycles. The first-order chi connectivity index (χ1) is 12.1. The Hall–Kier alpha value is -2.93. The summed E-state index contributed by atoms with van der Waals surface area (Å²) in [4.78, 5) is 12.5. The molecule has 4 rings (SSSR count). The molecule has 0 unspecified atom stereocenters. The van der Waals surface area contributed by atoms with E-state index in [0.717, 1.165) is 10.2 Å². The molecule has 5 nitrogen and oxygen atoms in total. The molecule has 0 aliphatic carbocycles. The quantitative estimate of drug-likeness (QED) is 0.605. The summed E-state index contributed by atoms with van der Waals surface area (Å²) < 4.78 is 18.2. The highest BCUT2D eigenvalue weighted by molar-refractivity contribution is 7.17. The second-order valence-corrected chi connectivity index (χ2v) is 6.68. The van der Waals surface area contributed by atoms with E-state index in [0.29, 0.717) is 23.5 Å². The zero-order chi connectivity index (χ0) is 17.4. The molecule has 3 aromatic heterocycles. The minimum atomic E-state index is -0.271. The number of fused-ring (bicyclic) bond motifs is 1. The van der Waals surface area contributed by atoms with Gasteiger partial charge in [-0.1, -0.05) is 18.2 Å². The lowest BCUT2D eigenvalue weighted by molar-refractivity contribution is 0.101. The highest BCUT2D eigenvalue weighted by Gasteiger charge is 2.15. The van der Waals surface area contributed by atoms with Crippen LogP contribution in [0, 0.1) is 5.82 Å². The normalized spacial score (nSPS) is 11.1. The summed E-state index contributed by atoms with van der Waals surface area (Å²) in [6.07, 6.45) is 3.25. The van der Waals surface area contributed by atoms with E-state index in [1.807, 2.05) is 29.1 Å². The Morgan fingerprint density at radius 1 is 1.32 bits per heavy atom. The van der Waals surface area contributed by atoms with Gasteiger partial charge in [0.05, 0.1) is 28.6 Å². The molecule has 0 bridgehead atoms. The van der Waals surface area contributed by atoms with E-state index in [9.17, 15) is 9.18 Å². The summed E-state index contributed by atoms with van der Waals surface area (Å²) in [7, 11) is 1.87. The van der Waals surface area contributed by atoms with E-state index >= 15 is 0 Å². The van der Waals surface area contributed by atoms with Gasteiger partial charge in [0.1, 0.15) is 11.5 Å². The number of nitrogens with zero attached hydrogens (tertiary/aromatic N) is 3. The number of rotatable bonds is 4. The molecule has 126 valence electrons. The number of aromatic nitrogens is 3. The number of benzene rings is 1. The van der Waals surface area contributed by atoms with Crippen molar-refractivity contribution in [1.82, 2.24) is 14.3 Å². The van der Waals surface area contributed by atoms with Gasteiger partial charge in [0.15, 0.2) is 0 Å². The van der Waals surface area contributed by atoms with Gasteiger partial charge < -0.3 is 9.88 Å². The number of aryl methyl sites for hydroxylation is 1. The summed E-state index contributed by atoms with van der Waals surface area (Å²) in [5.74, 6) is -0.469. The van der Waals surface area contributed by atoms with E-state index in [1.165, 1.54) is 6.07 Å². The Labute approximate surface area is 147 Å². The number of halogens is 1. The maximum absolute atomic E-state index is 13.7.